The molecule has 0 saturated carbocycles. The second kappa shape index (κ2) is 9.99. The van der Waals surface area contributed by atoms with E-state index in [2.05, 4.69) is 5.32 Å². The number of allylic oxidation sites excluding steroid dienone is 1. The van der Waals surface area contributed by atoms with E-state index in [1.807, 2.05) is 6.07 Å². The van der Waals surface area contributed by atoms with Gasteiger partial charge in [0, 0.05) is 0 Å². The molecule has 1 aromatic rings. The average molecular weight is 387 g/mol. The van der Waals surface area contributed by atoms with Crippen molar-refractivity contribution in [1.82, 2.24) is 5.32 Å². The number of rotatable bonds is 7. The van der Waals surface area contributed by atoms with E-state index in [9.17, 15) is 22.8 Å². The Labute approximate surface area is 156 Å². The van der Waals surface area contributed by atoms with Gasteiger partial charge in [0.25, 0.3) is 0 Å². The van der Waals surface area contributed by atoms with E-state index in [1.165, 1.54) is 6.08 Å². The van der Waals surface area contributed by atoms with Crippen molar-refractivity contribution in [3.05, 3.63) is 48.0 Å². The van der Waals surface area contributed by atoms with Gasteiger partial charge in [-0.15, -0.1) is 0 Å². The van der Waals surface area contributed by atoms with Gasteiger partial charge in [-0.05, 0) is 32.8 Å². The van der Waals surface area contributed by atoms with Gasteiger partial charge in [0.15, 0.2) is 0 Å². The van der Waals surface area contributed by atoms with Gasteiger partial charge in [-0.1, -0.05) is 42.5 Å². The molecule has 1 atom stereocenters. The third-order valence-electron chi connectivity index (χ3n) is 3.09. The summed E-state index contributed by atoms with van der Waals surface area (Å²) in [7, 11) is 0. The molecule has 0 aliphatic heterocycles. The minimum atomic E-state index is -4.33. The topological polar surface area (TPSA) is 64.6 Å². The number of alkyl carbamates (subject to hydrolysis) is 1. The van der Waals surface area contributed by atoms with Crippen LogP contribution < -0.4 is 5.32 Å². The molecule has 0 bridgehead atoms. The van der Waals surface area contributed by atoms with Gasteiger partial charge < -0.3 is 14.8 Å². The number of benzene rings is 1. The molecule has 1 N–H and O–H groups in total. The van der Waals surface area contributed by atoms with E-state index in [4.69, 9.17) is 9.47 Å². The zero-order valence-electron chi connectivity index (χ0n) is 15.5. The van der Waals surface area contributed by atoms with Crippen LogP contribution in [0.3, 0.4) is 0 Å². The predicted octanol–water partition coefficient (Wildman–Crippen LogP) is 4.52. The molecule has 0 spiro atoms. The summed E-state index contributed by atoms with van der Waals surface area (Å²) >= 11 is 0. The van der Waals surface area contributed by atoms with Gasteiger partial charge in [-0.25, -0.2) is 9.59 Å². The van der Waals surface area contributed by atoms with Crippen LogP contribution >= 0.6 is 0 Å². The van der Waals surface area contributed by atoms with Gasteiger partial charge >= 0.3 is 18.2 Å². The Bertz CT molecular complexity index is 637. The number of ether oxygens (including phenoxy) is 2. The lowest BCUT2D eigenvalue weighted by atomic mass is 10.2. The largest absolute Gasteiger partial charge is 0.459 e. The first kappa shape index (κ1) is 22.5. The van der Waals surface area contributed by atoms with Crippen molar-refractivity contribution in [3.8, 4) is 0 Å². The molecule has 0 unspecified atom stereocenters. The molecule has 0 aliphatic carbocycles. The molecular weight excluding hydrogens is 363 g/mol. The maximum Gasteiger partial charge on any atom is 0.408 e. The SMILES string of the molecule is CC(C)(C)OC(=O)N[C@@H](C/C=C/CC(F)(F)F)C(=O)OCc1ccccc1. The van der Waals surface area contributed by atoms with Gasteiger partial charge in [0.1, 0.15) is 18.2 Å². The Hall–Kier alpha value is -2.51. The highest BCUT2D eigenvalue weighted by atomic mass is 19.4. The number of hydrogen-bond acceptors (Lipinski definition) is 4. The van der Waals surface area contributed by atoms with E-state index >= 15 is 0 Å². The van der Waals surface area contributed by atoms with E-state index in [0.29, 0.717) is 0 Å². The first-order chi connectivity index (χ1) is 12.5. The fourth-order valence-corrected chi connectivity index (χ4v) is 1.94. The summed E-state index contributed by atoms with van der Waals surface area (Å²) in [6, 6.07) is 7.72. The number of hydrogen-bond donors (Lipinski definition) is 1. The molecule has 0 fully saturated rings. The number of halogens is 3. The van der Waals surface area contributed by atoms with Crippen molar-refractivity contribution in [3.63, 3.8) is 0 Å². The zero-order chi connectivity index (χ0) is 20.5. The number of nitrogens with one attached hydrogen (secondary N) is 1. The Morgan fingerprint density at radius 1 is 1.11 bits per heavy atom. The third kappa shape index (κ3) is 10.9. The van der Waals surface area contributed by atoms with Gasteiger partial charge in [0.2, 0.25) is 0 Å². The van der Waals surface area contributed by atoms with Crippen LogP contribution in [0.1, 0.15) is 39.2 Å². The number of amides is 1. The zero-order valence-corrected chi connectivity index (χ0v) is 15.5. The number of alkyl halides is 3. The van der Waals surface area contributed by atoms with Crippen LogP contribution in [0.5, 0.6) is 0 Å². The quantitative estimate of drug-likeness (QED) is 0.552. The number of carbonyl (C=O) groups is 2. The van der Waals surface area contributed by atoms with Gasteiger partial charge in [-0.2, -0.15) is 13.2 Å². The molecule has 0 saturated heterocycles. The second-order valence-electron chi connectivity index (χ2n) is 6.82. The standard InChI is InChI=1S/C19H24F3NO4/c1-18(2,3)27-17(25)23-15(11-7-8-12-19(20,21)22)16(24)26-13-14-9-5-4-6-10-14/h4-10,15H,11-13H2,1-3H3,(H,23,25)/b8-7+/t15-/m0/s1. The Balaban J connectivity index is 2.69. The number of carbonyl (C=O) groups excluding carboxylic acids is 2. The van der Waals surface area contributed by atoms with Crippen molar-refractivity contribution in [2.45, 2.75) is 58.0 Å². The monoisotopic (exact) mass is 387 g/mol. The Morgan fingerprint density at radius 3 is 2.30 bits per heavy atom. The molecule has 150 valence electrons. The van der Waals surface area contributed by atoms with Crippen LogP contribution in [0, 0.1) is 0 Å². The highest BCUT2D eigenvalue weighted by Crippen LogP contribution is 2.20. The van der Waals surface area contributed by atoms with Crippen LogP contribution in [0.15, 0.2) is 42.5 Å². The van der Waals surface area contributed by atoms with Crippen molar-refractivity contribution < 1.29 is 32.2 Å². The lowest BCUT2D eigenvalue weighted by Crippen LogP contribution is -2.44. The molecule has 8 heteroatoms. The summed E-state index contributed by atoms with van der Waals surface area (Å²) in [5.74, 6) is -0.763. The summed E-state index contributed by atoms with van der Waals surface area (Å²) < 4.78 is 46.9. The number of esters is 1. The van der Waals surface area contributed by atoms with Crippen LogP contribution in [0.25, 0.3) is 0 Å². The fraction of sp³-hybridized carbons (Fsp3) is 0.474. The summed E-state index contributed by atoms with van der Waals surface area (Å²) in [6.45, 7) is 4.94. The molecular formula is C19H24F3NO4. The van der Waals surface area contributed by atoms with Gasteiger partial charge in [0.05, 0.1) is 6.42 Å². The van der Waals surface area contributed by atoms with E-state index in [0.717, 1.165) is 11.6 Å². The molecule has 1 rings (SSSR count). The highest BCUT2D eigenvalue weighted by Gasteiger charge is 2.26. The van der Waals surface area contributed by atoms with Crippen LogP contribution in [0.4, 0.5) is 18.0 Å². The van der Waals surface area contributed by atoms with E-state index in [1.54, 1.807) is 45.0 Å². The lowest BCUT2D eigenvalue weighted by molar-refractivity contribution is -0.147. The van der Waals surface area contributed by atoms with Crippen molar-refractivity contribution in [2.75, 3.05) is 0 Å². The average Bonchev–Trinajstić information content (AvgIpc) is 2.53. The highest BCUT2D eigenvalue weighted by molar-refractivity contribution is 5.81. The van der Waals surface area contributed by atoms with Crippen LogP contribution in [-0.4, -0.2) is 29.9 Å². The third-order valence-corrected chi connectivity index (χ3v) is 3.09. The molecule has 27 heavy (non-hydrogen) atoms. The predicted molar refractivity (Wildman–Crippen MR) is 93.8 cm³/mol. The first-order valence-electron chi connectivity index (χ1n) is 8.38. The van der Waals surface area contributed by atoms with Crippen molar-refractivity contribution in [1.29, 1.82) is 0 Å². The fourth-order valence-electron chi connectivity index (χ4n) is 1.94. The van der Waals surface area contributed by atoms with Gasteiger partial charge in [-0.3, -0.25) is 0 Å². The molecule has 0 radical (unpaired) electrons. The van der Waals surface area contributed by atoms with E-state index in [-0.39, 0.29) is 13.0 Å². The summed E-state index contributed by atoms with van der Waals surface area (Å²) in [5.41, 5.74) is -0.0381. The summed E-state index contributed by atoms with van der Waals surface area (Å²) in [5, 5.41) is 2.34. The van der Waals surface area contributed by atoms with E-state index < -0.39 is 36.3 Å². The summed E-state index contributed by atoms with van der Waals surface area (Å²) in [6.07, 6.45) is -4.38. The minimum Gasteiger partial charge on any atom is -0.459 e. The molecule has 1 amide bonds. The minimum absolute atomic E-state index is 0.0154. The van der Waals surface area contributed by atoms with Crippen LogP contribution in [0.2, 0.25) is 0 Å². The first-order valence-corrected chi connectivity index (χ1v) is 8.38. The maximum absolute atomic E-state index is 12.3. The lowest BCUT2D eigenvalue weighted by Gasteiger charge is -2.22. The van der Waals surface area contributed by atoms with Crippen molar-refractivity contribution in [2.24, 2.45) is 0 Å². The molecule has 0 heterocycles. The summed E-state index contributed by atoms with van der Waals surface area (Å²) in [4.78, 5) is 24.2. The van der Waals surface area contributed by atoms with Crippen LogP contribution in [-0.2, 0) is 20.9 Å². The molecule has 5 nitrogen and oxygen atoms in total. The molecule has 0 aliphatic rings. The smallest absolute Gasteiger partial charge is 0.408 e. The Morgan fingerprint density at radius 2 is 1.74 bits per heavy atom. The maximum atomic E-state index is 12.3. The molecule has 1 aromatic carbocycles. The molecule has 0 aromatic heterocycles. The second-order valence-corrected chi connectivity index (χ2v) is 6.82. The van der Waals surface area contributed by atoms with Crippen molar-refractivity contribution >= 4 is 12.1 Å². The Kier molecular flexibility index (Phi) is 8.33. The normalized spacial score (nSPS) is 13.3.